The number of nitrogens with one attached hydrogen (secondary N) is 1. The second kappa shape index (κ2) is 5.19. The highest BCUT2D eigenvalue weighted by Crippen LogP contribution is 2.27. The smallest absolute Gasteiger partial charge is 0.123 e. The fraction of sp³-hybridized carbons (Fsp3) is 0.538. The molecule has 1 saturated heterocycles. The van der Waals surface area contributed by atoms with Crippen LogP contribution in [0.4, 0.5) is 4.39 Å². The van der Waals surface area contributed by atoms with Gasteiger partial charge in [0, 0.05) is 23.1 Å². The van der Waals surface area contributed by atoms with Crippen molar-refractivity contribution in [2.45, 2.75) is 37.6 Å². The number of halogens is 1. The third-order valence-electron chi connectivity index (χ3n) is 3.05. The van der Waals surface area contributed by atoms with Crippen LogP contribution < -0.4 is 5.32 Å². The van der Waals surface area contributed by atoms with Crippen molar-refractivity contribution in [3.05, 3.63) is 35.6 Å². The van der Waals surface area contributed by atoms with Crippen molar-refractivity contribution in [1.82, 2.24) is 5.32 Å². The lowest BCUT2D eigenvalue weighted by Crippen LogP contribution is -2.31. The minimum Gasteiger partial charge on any atom is -0.307 e. The van der Waals surface area contributed by atoms with Crippen LogP contribution in [0.3, 0.4) is 0 Å². The number of rotatable bonds is 3. The van der Waals surface area contributed by atoms with Gasteiger partial charge in [-0.05, 0) is 31.0 Å². The normalized spacial score (nSPS) is 26.9. The summed E-state index contributed by atoms with van der Waals surface area (Å²) in [4.78, 5) is 0. The standard InChI is InChI=1S/C13H18FNS/c1-9-7-13(8-16-9)15-10(2)11-3-5-12(14)6-4-11/h3-6,9-10,13,15H,7-8H2,1-2H3. The summed E-state index contributed by atoms with van der Waals surface area (Å²) in [6, 6.07) is 7.67. The molecule has 1 nitrogen and oxygen atoms in total. The molecule has 2 rings (SSSR count). The summed E-state index contributed by atoms with van der Waals surface area (Å²) in [5.41, 5.74) is 1.16. The average Bonchev–Trinajstić information content (AvgIpc) is 2.65. The number of benzene rings is 1. The first-order valence-electron chi connectivity index (χ1n) is 5.78. The first kappa shape index (κ1) is 11.9. The number of hydrogen-bond acceptors (Lipinski definition) is 2. The van der Waals surface area contributed by atoms with E-state index in [-0.39, 0.29) is 5.82 Å². The molecule has 0 aromatic heterocycles. The van der Waals surface area contributed by atoms with Gasteiger partial charge in [0.2, 0.25) is 0 Å². The van der Waals surface area contributed by atoms with Gasteiger partial charge < -0.3 is 5.32 Å². The first-order chi connectivity index (χ1) is 7.65. The molecule has 1 aliphatic rings. The molecular weight excluding hydrogens is 221 g/mol. The predicted molar refractivity (Wildman–Crippen MR) is 68.3 cm³/mol. The van der Waals surface area contributed by atoms with Gasteiger partial charge in [-0.3, -0.25) is 0 Å². The molecule has 16 heavy (non-hydrogen) atoms. The van der Waals surface area contributed by atoms with E-state index in [0.29, 0.717) is 12.1 Å². The highest BCUT2D eigenvalue weighted by atomic mass is 32.2. The lowest BCUT2D eigenvalue weighted by atomic mass is 10.1. The van der Waals surface area contributed by atoms with E-state index in [1.807, 2.05) is 23.9 Å². The Morgan fingerprint density at radius 3 is 2.62 bits per heavy atom. The van der Waals surface area contributed by atoms with Gasteiger partial charge in [-0.1, -0.05) is 19.1 Å². The summed E-state index contributed by atoms with van der Waals surface area (Å²) in [5, 5.41) is 4.36. The minimum absolute atomic E-state index is 0.166. The zero-order valence-electron chi connectivity index (χ0n) is 9.74. The predicted octanol–water partition coefficient (Wildman–Crippen LogP) is 3.37. The maximum Gasteiger partial charge on any atom is 0.123 e. The Hall–Kier alpha value is -0.540. The largest absolute Gasteiger partial charge is 0.307 e. The molecular formula is C13H18FNS. The zero-order valence-corrected chi connectivity index (χ0v) is 10.6. The molecule has 0 aliphatic carbocycles. The zero-order chi connectivity index (χ0) is 11.5. The van der Waals surface area contributed by atoms with Crippen molar-refractivity contribution < 1.29 is 4.39 Å². The van der Waals surface area contributed by atoms with Crippen molar-refractivity contribution in [2.24, 2.45) is 0 Å². The second-order valence-electron chi connectivity index (χ2n) is 4.52. The van der Waals surface area contributed by atoms with E-state index in [2.05, 4.69) is 19.2 Å². The molecule has 1 aromatic carbocycles. The van der Waals surface area contributed by atoms with E-state index in [1.165, 1.54) is 24.3 Å². The summed E-state index contributed by atoms with van der Waals surface area (Å²) < 4.78 is 12.8. The highest BCUT2D eigenvalue weighted by Gasteiger charge is 2.23. The molecule has 1 aliphatic heterocycles. The molecule has 88 valence electrons. The van der Waals surface area contributed by atoms with Gasteiger partial charge in [0.05, 0.1) is 0 Å². The summed E-state index contributed by atoms with van der Waals surface area (Å²) >= 11 is 2.02. The molecule has 3 unspecified atom stereocenters. The van der Waals surface area contributed by atoms with Gasteiger partial charge in [0.1, 0.15) is 5.82 Å². The van der Waals surface area contributed by atoms with E-state index >= 15 is 0 Å². The molecule has 1 N–H and O–H groups in total. The van der Waals surface area contributed by atoms with E-state index < -0.39 is 0 Å². The molecule has 1 aromatic rings. The van der Waals surface area contributed by atoms with Crippen LogP contribution >= 0.6 is 11.8 Å². The Balaban J connectivity index is 1.92. The lowest BCUT2D eigenvalue weighted by Gasteiger charge is -2.19. The Kier molecular flexibility index (Phi) is 3.87. The van der Waals surface area contributed by atoms with Crippen LogP contribution in [0.15, 0.2) is 24.3 Å². The highest BCUT2D eigenvalue weighted by molar-refractivity contribution is 8.00. The van der Waals surface area contributed by atoms with Gasteiger partial charge in [-0.2, -0.15) is 11.8 Å². The SMILES string of the molecule is CC1CC(NC(C)c2ccc(F)cc2)CS1. The van der Waals surface area contributed by atoms with Gasteiger partial charge in [0.15, 0.2) is 0 Å². The third-order valence-corrected chi connectivity index (χ3v) is 4.41. The first-order valence-corrected chi connectivity index (χ1v) is 6.83. The molecule has 3 atom stereocenters. The van der Waals surface area contributed by atoms with Crippen LogP contribution in [0.2, 0.25) is 0 Å². The summed E-state index contributed by atoms with van der Waals surface area (Å²) in [6.07, 6.45) is 1.23. The molecule has 0 saturated carbocycles. The summed E-state index contributed by atoms with van der Waals surface area (Å²) in [6.45, 7) is 4.41. The van der Waals surface area contributed by atoms with E-state index in [0.717, 1.165) is 10.8 Å². The topological polar surface area (TPSA) is 12.0 Å². The molecule has 0 spiro atoms. The van der Waals surface area contributed by atoms with Crippen LogP contribution in [0.25, 0.3) is 0 Å². The van der Waals surface area contributed by atoms with Gasteiger partial charge in [0.25, 0.3) is 0 Å². The Bertz CT molecular complexity index is 338. The second-order valence-corrected chi connectivity index (χ2v) is 5.99. The summed E-state index contributed by atoms with van der Waals surface area (Å²) in [7, 11) is 0. The van der Waals surface area contributed by atoms with Crippen molar-refractivity contribution >= 4 is 11.8 Å². The monoisotopic (exact) mass is 239 g/mol. The van der Waals surface area contributed by atoms with E-state index in [4.69, 9.17) is 0 Å². The van der Waals surface area contributed by atoms with Crippen molar-refractivity contribution in [3.8, 4) is 0 Å². The van der Waals surface area contributed by atoms with Crippen molar-refractivity contribution in [3.63, 3.8) is 0 Å². The van der Waals surface area contributed by atoms with Gasteiger partial charge in [-0.25, -0.2) is 4.39 Å². The number of hydrogen-bond donors (Lipinski definition) is 1. The van der Waals surface area contributed by atoms with Crippen LogP contribution in [-0.4, -0.2) is 17.0 Å². The molecule has 0 bridgehead atoms. The lowest BCUT2D eigenvalue weighted by molar-refractivity contribution is 0.474. The van der Waals surface area contributed by atoms with Crippen LogP contribution in [0.5, 0.6) is 0 Å². The maximum absolute atomic E-state index is 12.8. The molecule has 1 fully saturated rings. The maximum atomic E-state index is 12.8. The third kappa shape index (κ3) is 2.98. The average molecular weight is 239 g/mol. The van der Waals surface area contributed by atoms with Crippen molar-refractivity contribution in [2.75, 3.05) is 5.75 Å². The minimum atomic E-state index is -0.166. The van der Waals surface area contributed by atoms with Gasteiger partial charge >= 0.3 is 0 Å². The Labute approximate surface area is 101 Å². The van der Waals surface area contributed by atoms with Crippen LogP contribution in [-0.2, 0) is 0 Å². The van der Waals surface area contributed by atoms with Gasteiger partial charge in [-0.15, -0.1) is 0 Å². The fourth-order valence-corrected chi connectivity index (χ4v) is 3.30. The molecule has 0 radical (unpaired) electrons. The quantitative estimate of drug-likeness (QED) is 0.868. The van der Waals surface area contributed by atoms with Crippen LogP contribution in [0, 0.1) is 5.82 Å². The Morgan fingerprint density at radius 1 is 1.38 bits per heavy atom. The molecule has 3 heteroatoms. The number of thioether (sulfide) groups is 1. The van der Waals surface area contributed by atoms with Crippen molar-refractivity contribution in [1.29, 1.82) is 0 Å². The summed E-state index contributed by atoms with van der Waals surface area (Å²) in [5.74, 6) is 1.02. The molecule has 1 heterocycles. The van der Waals surface area contributed by atoms with E-state index in [9.17, 15) is 4.39 Å². The molecule has 0 amide bonds. The van der Waals surface area contributed by atoms with Crippen LogP contribution in [0.1, 0.15) is 31.9 Å². The fourth-order valence-electron chi connectivity index (χ4n) is 2.13. The van der Waals surface area contributed by atoms with E-state index in [1.54, 1.807) is 0 Å². The Morgan fingerprint density at radius 2 is 2.06 bits per heavy atom.